The third kappa shape index (κ3) is 6.67. The van der Waals surface area contributed by atoms with Crippen LogP contribution in [0.3, 0.4) is 0 Å². The van der Waals surface area contributed by atoms with E-state index in [2.05, 4.69) is 22.0 Å². The number of carbonyl (C=O) groups is 2. The third-order valence-electron chi connectivity index (χ3n) is 10.7. The fraction of sp³-hybridized carbons (Fsp3) is 0.794. The molecular formula is C34H52N6O7. The zero-order chi connectivity index (χ0) is 33.4. The molecule has 1 aromatic heterocycles. The highest BCUT2D eigenvalue weighted by molar-refractivity contribution is 6.13. The molecule has 1 amide bonds. The smallest absolute Gasteiger partial charge is 0.410 e. The maximum atomic E-state index is 14.5. The summed E-state index contributed by atoms with van der Waals surface area (Å²) >= 11 is 0. The number of aromatic nitrogens is 2. The number of carbonyl (C=O) groups excluding carboxylic acids is 2. The Morgan fingerprint density at radius 1 is 1.00 bits per heavy atom. The van der Waals surface area contributed by atoms with Gasteiger partial charge in [0.1, 0.15) is 17.5 Å². The van der Waals surface area contributed by atoms with Crippen molar-refractivity contribution in [1.29, 1.82) is 0 Å². The van der Waals surface area contributed by atoms with Crippen LogP contribution in [0.15, 0.2) is 11.2 Å². The summed E-state index contributed by atoms with van der Waals surface area (Å²) in [6.45, 7) is 12.3. The lowest BCUT2D eigenvalue weighted by Crippen LogP contribution is -2.60. The summed E-state index contributed by atoms with van der Waals surface area (Å²) in [5, 5.41) is 14.4. The second-order valence-corrected chi connectivity index (χ2v) is 14.9. The van der Waals surface area contributed by atoms with Crippen molar-refractivity contribution in [1.82, 2.24) is 19.8 Å². The Hall–Kier alpha value is -3.03. The van der Waals surface area contributed by atoms with Crippen LogP contribution >= 0.6 is 0 Å². The highest BCUT2D eigenvalue weighted by Gasteiger charge is 2.63. The van der Waals surface area contributed by atoms with Crippen LogP contribution in [0.5, 0.6) is 5.88 Å². The lowest BCUT2D eigenvalue weighted by molar-refractivity contribution is -0.238. The first-order valence-corrected chi connectivity index (χ1v) is 17.5. The summed E-state index contributed by atoms with van der Waals surface area (Å²) in [6.07, 6.45) is 6.23. The second kappa shape index (κ2) is 13.5. The van der Waals surface area contributed by atoms with E-state index in [0.717, 1.165) is 71.1 Å². The van der Waals surface area contributed by atoms with Crippen molar-refractivity contribution >= 4 is 23.4 Å². The molecular weight excluding hydrogens is 604 g/mol. The summed E-state index contributed by atoms with van der Waals surface area (Å²) in [4.78, 5) is 43.2. The lowest BCUT2D eigenvalue weighted by atomic mass is 9.57. The number of ether oxygens (including phenoxy) is 4. The Bertz CT molecular complexity index is 1330. The molecule has 3 saturated heterocycles. The van der Waals surface area contributed by atoms with Crippen LogP contribution in [0.2, 0.25) is 0 Å². The Labute approximate surface area is 277 Å². The number of fused-ring (bicyclic) bond motifs is 1. The predicted molar refractivity (Wildman–Crippen MR) is 174 cm³/mol. The molecule has 260 valence electrons. The van der Waals surface area contributed by atoms with Crippen LogP contribution in [0, 0.1) is 11.3 Å². The van der Waals surface area contributed by atoms with Gasteiger partial charge in [0.15, 0.2) is 5.79 Å². The van der Waals surface area contributed by atoms with Crippen LogP contribution in [0.4, 0.5) is 10.6 Å². The molecule has 4 heterocycles. The van der Waals surface area contributed by atoms with Crippen LogP contribution in [0.1, 0.15) is 96.1 Å². The molecule has 1 N–H and O–H groups in total. The minimum atomic E-state index is -0.876. The first-order valence-electron chi connectivity index (χ1n) is 17.5. The molecule has 0 unspecified atom stereocenters. The van der Waals surface area contributed by atoms with Gasteiger partial charge in [-0.25, -0.2) is 9.78 Å². The first kappa shape index (κ1) is 33.9. The zero-order valence-corrected chi connectivity index (χ0v) is 28.7. The Kier molecular flexibility index (Phi) is 9.70. The largest absolute Gasteiger partial charge is 0.472 e. The third-order valence-corrected chi connectivity index (χ3v) is 10.7. The van der Waals surface area contributed by atoms with Gasteiger partial charge in [0.25, 0.3) is 0 Å². The molecule has 0 aromatic carbocycles. The highest BCUT2D eigenvalue weighted by Crippen LogP contribution is 2.57. The van der Waals surface area contributed by atoms with Crippen LogP contribution in [-0.2, 0) is 14.2 Å². The fourth-order valence-electron chi connectivity index (χ4n) is 8.39. The van der Waals surface area contributed by atoms with Crippen molar-refractivity contribution in [2.24, 2.45) is 16.5 Å². The van der Waals surface area contributed by atoms with E-state index >= 15 is 0 Å². The number of anilines is 1. The summed E-state index contributed by atoms with van der Waals surface area (Å²) in [7, 11) is 2.09. The predicted octanol–water partition coefficient (Wildman–Crippen LogP) is 4.51. The molecule has 4 atom stereocenters. The van der Waals surface area contributed by atoms with E-state index < -0.39 is 28.8 Å². The summed E-state index contributed by atoms with van der Waals surface area (Å²) in [5.74, 6) is -0.925. The Morgan fingerprint density at radius 2 is 1.70 bits per heavy atom. The number of ketones is 1. The van der Waals surface area contributed by atoms with E-state index in [9.17, 15) is 14.8 Å². The van der Waals surface area contributed by atoms with E-state index in [1.165, 1.54) is 0 Å². The molecule has 2 aliphatic carbocycles. The average Bonchev–Trinajstić information content (AvgIpc) is 3.73. The summed E-state index contributed by atoms with van der Waals surface area (Å²) < 4.78 is 24.7. The van der Waals surface area contributed by atoms with E-state index in [4.69, 9.17) is 28.9 Å². The van der Waals surface area contributed by atoms with Gasteiger partial charge in [-0.2, -0.15) is 4.98 Å². The van der Waals surface area contributed by atoms with Gasteiger partial charge in [-0.15, -0.1) is 0 Å². The molecule has 13 nitrogen and oxygen atoms in total. The van der Waals surface area contributed by atoms with E-state index in [1.807, 2.05) is 27.7 Å². The number of amides is 1. The number of piperazine rings is 1. The van der Waals surface area contributed by atoms with Crippen LogP contribution in [-0.4, -0.2) is 119 Å². The molecule has 2 saturated carbocycles. The van der Waals surface area contributed by atoms with Crippen molar-refractivity contribution < 1.29 is 33.7 Å². The maximum absolute atomic E-state index is 14.5. The number of rotatable bonds is 6. The van der Waals surface area contributed by atoms with E-state index in [-0.39, 0.29) is 29.6 Å². The number of nitrogens with zero attached hydrogens (tertiary/aromatic N) is 6. The molecule has 5 aliphatic rings. The fourth-order valence-corrected chi connectivity index (χ4v) is 8.39. The highest BCUT2D eigenvalue weighted by atomic mass is 16.7. The topological polar surface area (TPSA) is 139 Å². The van der Waals surface area contributed by atoms with Gasteiger partial charge in [-0.3, -0.25) is 4.79 Å². The van der Waals surface area contributed by atoms with Gasteiger partial charge < -0.3 is 38.9 Å². The van der Waals surface area contributed by atoms with Gasteiger partial charge in [0.2, 0.25) is 17.5 Å². The van der Waals surface area contributed by atoms with Crippen molar-refractivity contribution in [3.63, 3.8) is 0 Å². The number of hydrogen-bond acceptors (Lipinski definition) is 12. The average molecular weight is 657 g/mol. The van der Waals surface area contributed by atoms with Gasteiger partial charge in [-0.1, -0.05) is 18.0 Å². The molecule has 47 heavy (non-hydrogen) atoms. The normalized spacial score (nSPS) is 29.9. The van der Waals surface area contributed by atoms with E-state index in [0.29, 0.717) is 44.1 Å². The zero-order valence-electron chi connectivity index (χ0n) is 28.7. The minimum absolute atomic E-state index is 0.0420. The number of likely N-dealkylation sites (tertiary alicyclic amines) is 1. The standard InChI is InChI=1S/C34H52N6O7/c1-23(25-11-9-15-40(25)31(42)47-32(2,3)4)46-27-22-26(39-18-16-38(5)17-19-39)35-30(36-27)28(41)24-10-8-13-33(29(24)37-43)12-6-7-14-34(33)44-20-21-45-34/h22-25,43H,6-21H2,1-5H3/b37-29+/t23-,24-,25-,33-/m0/s1. The van der Waals surface area contributed by atoms with Gasteiger partial charge in [0, 0.05) is 45.2 Å². The SMILES string of the molecule is C[C@H](Oc1cc(N2CCN(C)CC2)nc(C(=O)[C@@H]2CCC[C@@]3(CCCCC34OCCO4)/C2=N/O)n1)[C@@H]1CCCN1C(=O)OC(C)(C)C. The van der Waals surface area contributed by atoms with Crippen molar-refractivity contribution in [3.05, 3.63) is 11.9 Å². The molecule has 2 spiro atoms. The number of oxime groups is 1. The maximum Gasteiger partial charge on any atom is 0.410 e. The van der Waals surface area contributed by atoms with Gasteiger partial charge in [0.05, 0.1) is 36.3 Å². The first-order chi connectivity index (χ1) is 22.5. The van der Waals surface area contributed by atoms with Crippen LogP contribution in [0.25, 0.3) is 0 Å². The summed E-state index contributed by atoms with van der Waals surface area (Å²) in [6, 6.07) is 1.59. The molecule has 3 aliphatic heterocycles. The van der Waals surface area contributed by atoms with Gasteiger partial charge >= 0.3 is 6.09 Å². The molecule has 13 heteroatoms. The summed E-state index contributed by atoms with van der Waals surface area (Å²) in [5.41, 5.74) is -0.847. The molecule has 0 bridgehead atoms. The van der Waals surface area contributed by atoms with Crippen LogP contribution < -0.4 is 9.64 Å². The van der Waals surface area contributed by atoms with Crippen molar-refractivity contribution in [3.8, 4) is 5.88 Å². The minimum Gasteiger partial charge on any atom is -0.472 e. The quantitative estimate of drug-likeness (QED) is 0.263. The van der Waals surface area contributed by atoms with Crippen molar-refractivity contribution in [2.75, 3.05) is 57.9 Å². The molecule has 6 rings (SSSR count). The lowest BCUT2D eigenvalue weighted by Gasteiger charge is -2.53. The second-order valence-electron chi connectivity index (χ2n) is 14.9. The number of likely N-dealkylation sites (N-methyl/N-ethyl adjacent to an activating group) is 1. The number of hydrogen-bond donors (Lipinski definition) is 1. The Morgan fingerprint density at radius 3 is 2.40 bits per heavy atom. The van der Waals surface area contributed by atoms with Crippen molar-refractivity contribution in [2.45, 2.75) is 109 Å². The monoisotopic (exact) mass is 656 g/mol. The van der Waals surface area contributed by atoms with Gasteiger partial charge in [-0.05, 0) is 73.3 Å². The number of Topliss-reactive ketones (excluding diaryl/α,β-unsaturated/α-hetero) is 1. The molecule has 5 fully saturated rings. The van der Waals surface area contributed by atoms with E-state index in [1.54, 1.807) is 11.0 Å². The Balaban J connectivity index is 1.30. The molecule has 0 radical (unpaired) electrons. The molecule has 1 aromatic rings.